The van der Waals surface area contributed by atoms with Crippen LogP contribution in [0.4, 0.5) is 5.69 Å². The number of hydrogen-bond acceptors (Lipinski definition) is 3. The first kappa shape index (κ1) is 11.2. The summed E-state index contributed by atoms with van der Waals surface area (Å²) in [6.07, 6.45) is 3.66. The molecule has 3 N–H and O–H groups in total. The molecule has 0 aliphatic heterocycles. The minimum atomic E-state index is -0.406. The van der Waals surface area contributed by atoms with Crippen LogP contribution in [0.3, 0.4) is 0 Å². The van der Waals surface area contributed by atoms with E-state index in [1.54, 1.807) is 23.0 Å². The number of primary amides is 1. The van der Waals surface area contributed by atoms with E-state index < -0.39 is 5.91 Å². The van der Waals surface area contributed by atoms with Crippen LogP contribution in [0.25, 0.3) is 0 Å². The molecule has 17 heavy (non-hydrogen) atoms. The molecule has 0 radical (unpaired) electrons. The summed E-state index contributed by atoms with van der Waals surface area (Å²) >= 11 is 0. The van der Waals surface area contributed by atoms with Crippen LogP contribution in [0, 0.1) is 0 Å². The lowest BCUT2D eigenvalue weighted by molar-refractivity contribution is 0.100. The number of aromatic nitrogens is 2. The van der Waals surface area contributed by atoms with Crippen LogP contribution in [0.5, 0.6) is 0 Å². The van der Waals surface area contributed by atoms with E-state index in [-0.39, 0.29) is 0 Å². The third kappa shape index (κ3) is 2.84. The Morgan fingerprint density at radius 3 is 2.65 bits per heavy atom. The molecule has 5 heteroatoms. The summed E-state index contributed by atoms with van der Waals surface area (Å²) in [6.45, 7) is 0.685. The van der Waals surface area contributed by atoms with Crippen molar-refractivity contribution >= 4 is 11.6 Å². The van der Waals surface area contributed by atoms with E-state index in [1.165, 1.54) is 0 Å². The Bertz CT molecular complexity index is 516. The number of nitrogens with zero attached hydrogens (tertiary/aromatic N) is 2. The van der Waals surface area contributed by atoms with Gasteiger partial charge in [0.15, 0.2) is 0 Å². The van der Waals surface area contributed by atoms with Gasteiger partial charge in [-0.15, -0.1) is 0 Å². The second kappa shape index (κ2) is 4.69. The first-order chi connectivity index (χ1) is 8.15. The Morgan fingerprint density at radius 2 is 2.12 bits per heavy atom. The molecule has 0 spiro atoms. The highest BCUT2D eigenvalue weighted by molar-refractivity contribution is 5.92. The number of amides is 1. The monoisotopic (exact) mass is 230 g/mol. The molecule has 0 saturated carbocycles. The van der Waals surface area contributed by atoms with E-state index in [1.807, 2.05) is 25.4 Å². The number of anilines is 1. The van der Waals surface area contributed by atoms with Crippen molar-refractivity contribution in [3.63, 3.8) is 0 Å². The van der Waals surface area contributed by atoms with Gasteiger partial charge in [0.1, 0.15) is 0 Å². The molecular weight excluding hydrogens is 216 g/mol. The quantitative estimate of drug-likeness (QED) is 0.827. The Labute approximate surface area is 99.2 Å². The molecule has 0 aliphatic rings. The first-order valence-corrected chi connectivity index (χ1v) is 5.26. The lowest BCUT2D eigenvalue weighted by Gasteiger charge is -2.04. The van der Waals surface area contributed by atoms with Crippen LogP contribution in [0.1, 0.15) is 15.9 Å². The van der Waals surface area contributed by atoms with Gasteiger partial charge in [0.2, 0.25) is 5.91 Å². The average molecular weight is 230 g/mol. The second-order valence-electron chi connectivity index (χ2n) is 3.82. The molecule has 1 aromatic carbocycles. The fourth-order valence-corrected chi connectivity index (χ4v) is 1.50. The largest absolute Gasteiger partial charge is 0.378 e. The van der Waals surface area contributed by atoms with Crippen LogP contribution < -0.4 is 11.1 Å². The molecule has 0 fully saturated rings. The molecule has 0 aliphatic carbocycles. The molecule has 1 amide bonds. The van der Waals surface area contributed by atoms with Gasteiger partial charge in [0.05, 0.1) is 11.9 Å². The van der Waals surface area contributed by atoms with Crippen LogP contribution in [-0.2, 0) is 13.6 Å². The number of nitrogens with two attached hydrogens (primary N) is 1. The van der Waals surface area contributed by atoms with Crippen molar-refractivity contribution in [1.82, 2.24) is 9.78 Å². The van der Waals surface area contributed by atoms with Crippen molar-refractivity contribution in [1.29, 1.82) is 0 Å². The molecule has 2 rings (SSSR count). The fourth-order valence-electron chi connectivity index (χ4n) is 1.50. The topological polar surface area (TPSA) is 72.9 Å². The molecule has 1 aromatic heterocycles. The highest BCUT2D eigenvalue weighted by atomic mass is 16.1. The van der Waals surface area contributed by atoms with Gasteiger partial charge in [-0.2, -0.15) is 5.10 Å². The van der Waals surface area contributed by atoms with Gasteiger partial charge in [0.25, 0.3) is 0 Å². The summed E-state index contributed by atoms with van der Waals surface area (Å²) in [5, 5.41) is 7.29. The minimum absolute atomic E-state index is 0.406. The lowest BCUT2D eigenvalue weighted by atomic mass is 10.1. The second-order valence-corrected chi connectivity index (χ2v) is 3.82. The first-order valence-electron chi connectivity index (χ1n) is 5.26. The minimum Gasteiger partial charge on any atom is -0.378 e. The maximum atomic E-state index is 10.9. The average Bonchev–Trinajstić information content (AvgIpc) is 2.73. The highest BCUT2D eigenvalue weighted by Crippen LogP contribution is 2.08. The Kier molecular flexibility index (Phi) is 3.09. The van der Waals surface area contributed by atoms with Gasteiger partial charge in [0, 0.05) is 25.4 Å². The SMILES string of the molecule is Cn1cc(NCc2ccc(C(N)=O)cc2)cn1. The summed E-state index contributed by atoms with van der Waals surface area (Å²) in [6, 6.07) is 7.21. The Hall–Kier alpha value is -2.30. The number of aryl methyl sites for hydroxylation is 1. The lowest BCUT2D eigenvalue weighted by Crippen LogP contribution is -2.10. The van der Waals surface area contributed by atoms with Gasteiger partial charge in [-0.25, -0.2) is 0 Å². The van der Waals surface area contributed by atoms with Gasteiger partial charge < -0.3 is 11.1 Å². The summed E-state index contributed by atoms with van der Waals surface area (Å²) in [4.78, 5) is 10.9. The van der Waals surface area contributed by atoms with Crippen molar-refractivity contribution in [2.24, 2.45) is 12.8 Å². The standard InChI is InChI=1S/C12H14N4O/c1-16-8-11(7-15-16)14-6-9-2-4-10(5-3-9)12(13)17/h2-5,7-8,14H,6H2,1H3,(H2,13,17). The fraction of sp³-hybridized carbons (Fsp3) is 0.167. The highest BCUT2D eigenvalue weighted by Gasteiger charge is 2.00. The number of carbonyl (C=O) groups is 1. The molecule has 0 bridgehead atoms. The van der Waals surface area contributed by atoms with Crippen LogP contribution in [0.15, 0.2) is 36.7 Å². The molecular formula is C12H14N4O. The molecule has 1 heterocycles. The van der Waals surface area contributed by atoms with Gasteiger partial charge in [-0.1, -0.05) is 12.1 Å². The summed E-state index contributed by atoms with van der Waals surface area (Å²) < 4.78 is 1.73. The van der Waals surface area contributed by atoms with Crippen molar-refractivity contribution in [3.8, 4) is 0 Å². The number of nitrogens with one attached hydrogen (secondary N) is 1. The summed E-state index contributed by atoms with van der Waals surface area (Å²) in [5.74, 6) is -0.406. The van der Waals surface area contributed by atoms with Crippen molar-refractivity contribution in [2.45, 2.75) is 6.54 Å². The van der Waals surface area contributed by atoms with Gasteiger partial charge in [-0.05, 0) is 17.7 Å². The zero-order valence-electron chi connectivity index (χ0n) is 9.55. The zero-order valence-corrected chi connectivity index (χ0v) is 9.55. The number of rotatable bonds is 4. The number of benzene rings is 1. The van der Waals surface area contributed by atoms with E-state index in [4.69, 9.17) is 5.73 Å². The Balaban J connectivity index is 1.97. The number of hydrogen-bond donors (Lipinski definition) is 2. The molecule has 88 valence electrons. The van der Waals surface area contributed by atoms with Crippen LogP contribution >= 0.6 is 0 Å². The normalized spacial score (nSPS) is 10.2. The molecule has 2 aromatic rings. The van der Waals surface area contributed by atoms with E-state index in [2.05, 4.69) is 10.4 Å². The maximum absolute atomic E-state index is 10.9. The van der Waals surface area contributed by atoms with Crippen LogP contribution in [0.2, 0.25) is 0 Å². The van der Waals surface area contributed by atoms with Crippen molar-refractivity contribution < 1.29 is 4.79 Å². The van der Waals surface area contributed by atoms with E-state index in [0.717, 1.165) is 11.3 Å². The Morgan fingerprint density at radius 1 is 1.41 bits per heavy atom. The third-order valence-electron chi connectivity index (χ3n) is 2.44. The van der Waals surface area contributed by atoms with Crippen LogP contribution in [-0.4, -0.2) is 15.7 Å². The molecule has 0 saturated heterocycles. The van der Waals surface area contributed by atoms with E-state index in [9.17, 15) is 4.79 Å². The van der Waals surface area contributed by atoms with E-state index >= 15 is 0 Å². The van der Waals surface area contributed by atoms with Crippen molar-refractivity contribution in [3.05, 3.63) is 47.8 Å². The smallest absolute Gasteiger partial charge is 0.248 e. The molecule has 0 atom stereocenters. The summed E-state index contributed by atoms with van der Waals surface area (Å²) in [5.41, 5.74) is 7.74. The van der Waals surface area contributed by atoms with Gasteiger partial charge in [-0.3, -0.25) is 9.48 Å². The maximum Gasteiger partial charge on any atom is 0.248 e. The zero-order chi connectivity index (χ0) is 12.3. The van der Waals surface area contributed by atoms with E-state index in [0.29, 0.717) is 12.1 Å². The predicted octanol–water partition coefficient (Wildman–Crippen LogP) is 1.13. The van der Waals surface area contributed by atoms with Gasteiger partial charge >= 0.3 is 0 Å². The third-order valence-corrected chi connectivity index (χ3v) is 2.44. The molecule has 5 nitrogen and oxygen atoms in total. The van der Waals surface area contributed by atoms with Crippen molar-refractivity contribution in [2.75, 3.05) is 5.32 Å². The predicted molar refractivity (Wildman–Crippen MR) is 65.5 cm³/mol. The molecule has 0 unspecified atom stereocenters. The summed E-state index contributed by atoms with van der Waals surface area (Å²) in [7, 11) is 1.87. The number of carbonyl (C=O) groups excluding carboxylic acids is 1.